The summed E-state index contributed by atoms with van der Waals surface area (Å²) in [4.78, 5) is 32.8. The van der Waals surface area contributed by atoms with Crippen LogP contribution in [0.15, 0.2) is 54.2 Å². The number of ether oxygens (including phenoxy) is 1. The summed E-state index contributed by atoms with van der Waals surface area (Å²) in [7, 11) is 3.54. The Morgan fingerprint density at radius 3 is 2.52 bits per heavy atom. The lowest BCUT2D eigenvalue weighted by molar-refractivity contribution is -0.126. The summed E-state index contributed by atoms with van der Waals surface area (Å²) < 4.78 is 7.17. The molecule has 4 rings (SSSR count). The summed E-state index contributed by atoms with van der Waals surface area (Å²) in [5.41, 5.74) is 0.939. The molecule has 8 heteroatoms. The predicted molar refractivity (Wildman–Crippen MR) is 119 cm³/mol. The van der Waals surface area contributed by atoms with Crippen molar-refractivity contribution in [2.45, 2.75) is 18.9 Å². The molecule has 3 aromatic rings. The van der Waals surface area contributed by atoms with Gasteiger partial charge in [0.05, 0.1) is 12.0 Å². The zero-order valence-electron chi connectivity index (χ0n) is 17.7. The third-order valence-electron chi connectivity index (χ3n) is 5.74. The van der Waals surface area contributed by atoms with E-state index in [-0.39, 0.29) is 23.8 Å². The number of imidazole rings is 1. The van der Waals surface area contributed by atoms with Gasteiger partial charge in [-0.2, -0.15) is 0 Å². The van der Waals surface area contributed by atoms with E-state index in [1.165, 1.54) is 11.3 Å². The minimum atomic E-state index is -0.357. The lowest BCUT2D eigenvalue weighted by Crippen LogP contribution is -2.44. The molecule has 3 heterocycles. The zero-order chi connectivity index (χ0) is 21.8. The molecule has 0 spiro atoms. The first kappa shape index (κ1) is 21.1. The number of piperidine rings is 1. The van der Waals surface area contributed by atoms with E-state index >= 15 is 0 Å². The molecular formula is C23H26N4O3S. The maximum atomic E-state index is 13.1. The van der Waals surface area contributed by atoms with Crippen molar-refractivity contribution in [1.29, 1.82) is 0 Å². The minimum Gasteiger partial charge on any atom is -0.497 e. The van der Waals surface area contributed by atoms with Gasteiger partial charge in [0.2, 0.25) is 5.91 Å². The number of likely N-dealkylation sites (tertiary alicyclic amines) is 1. The first-order valence-electron chi connectivity index (χ1n) is 10.3. The van der Waals surface area contributed by atoms with E-state index in [0.29, 0.717) is 25.9 Å². The fraction of sp³-hybridized carbons (Fsp3) is 0.348. The number of aryl methyl sites for hydroxylation is 1. The van der Waals surface area contributed by atoms with Gasteiger partial charge >= 0.3 is 0 Å². The Kier molecular flexibility index (Phi) is 6.36. The minimum absolute atomic E-state index is 0.00737. The van der Waals surface area contributed by atoms with Crippen LogP contribution in [0.5, 0.6) is 5.75 Å². The molecule has 1 atom stereocenters. The summed E-state index contributed by atoms with van der Waals surface area (Å²) in [6.45, 7) is 1.18. The van der Waals surface area contributed by atoms with Crippen LogP contribution in [0.4, 0.5) is 0 Å². The van der Waals surface area contributed by atoms with Crippen LogP contribution in [0.1, 0.15) is 39.9 Å². The molecule has 1 unspecified atom stereocenters. The van der Waals surface area contributed by atoms with E-state index in [1.54, 1.807) is 13.3 Å². The molecule has 0 aliphatic carbocycles. The van der Waals surface area contributed by atoms with Gasteiger partial charge < -0.3 is 19.5 Å². The fourth-order valence-electron chi connectivity index (χ4n) is 3.91. The molecule has 0 radical (unpaired) electrons. The Bertz CT molecular complexity index is 1020. The molecule has 1 saturated heterocycles. The summed E-state index contributed by atoms with van der Waals surface area (Å²) in [6, 6.07) is 11.0. The molecule has 2 aromatic heterocycles. The van der Waals surface area contributed by atoms with Crippen LogP contribution >= 0.6 is 11.3 Å². The van der Waals surface area contributed by atoms with E-state index in [2.05, 4.69) is 10.3 Å². The Morgan fingerprint density at radius 1 is 1.19 bits per heavy atom. The van der Waals surface area contributed by atoms with Crippen LogP contribution in [-0.2, 0) is 11.8 Å². The second-order valence-electron chi connectivity index (χ2n) is 7.65. The van der Waals surface area contributed by atoms with Crippen LogP contribution < -0.4 is 10.1 Å². The van der Waals surface area contributed by atoms with Crippen molar-refractivity contribution < 1.29 is 14.3 Å². The third kappa shape index (κ3) is 4.64. The van der Waals surface area contributed by atoms with Crippen LogP contribution in [0.3, 0.4) is 0 Å². The molecule has 1 aromatic carbocycles. The monoisotopic (exact) mass is 438 g/mol. The quantitative estimate of drug-likeness (QED) is 0.641. The molecule has 162 valence electrons. The van der Waals surface area contributed by atoms with E-state index in [9.17, 15) is 9.59 Å². The van der Waals surface area contributed by atoms with Gasteiger partial charge in [-0.15, -0.1) is 11.3 Å². The van der Waals surface area contributed by atoms with Crippen LogP contribution in [0, 0.1) is 5.92 Å². The van der Waals surface area contributed by atoms with Gasteiger partial charge in [-0.25, -0.2) is 4.98 Å². The molecule has 1 aliphatic heterocycles. The number of benzene rings is 1. The molecular weight excluding hydrogens is 412 g/mol. The smallest absolute Gasteiger partial charge is 0.263 e. The Hall–Kier alpha value is -3.13. The standard InChI is InChI=1S/C23H26N4O3S/c1-26-14-11-24-21(26)20(16-5-7-18(30-2)8-6-16)25-22(28)17-9-12-27(13-10-17)23(29)19-4-3-15-31-19/h3-8,11,14-15,17,20H,9-10,12-13H2,1-2H3,(H,25,28). The Labute approximate surface area is 185 Å². The number of rotatable bonds is 6. The van der Waals surface area contributed by atoms with Gasteiger partial charge in [-0.1, -0.05) is 18.2 Å². The van der Waals surface area contributed by atoms with E-state index in [0.717, 1.165) is 22.0 Å². The molecule has 31 heavy (non-hydrogen) atoms. The predicted octanol–water partition coefficient (Wildman–Crippen LogP) is 3.25. The maximum absolute atomic E-state index is 13.1. The highest BCUT2D eigenvalue weighted by Gasteiger charge is 2.30. The summed E-state index contributed by atoms with van der Waals surface area (Å²) in [6.07, 6.45) is 4.90. The third-order valence-corrected chi connectivity index (χ3v) is 6.60. The van der Waals surface area contributed by atoms with Crippen molar-refractivity contribution in [3.05, 3.63) is 70.4 Å². The highest BCUT2D eigenvalue weighted by atomic mass is 32.1. The molecule has 1 aliphatic rings. The van der Waals surface area contributed by atoms with Gasteiger partial charge in [0.1, 0.15) is 17.6 Å². The number of hydrogen-bond donors (Lipinski definition) is 1. The Morgan fingerprint density at radius 2 is 1.94 bits per heavy atom. The number of hydrogen-bond acceptors (Lipinski definition) is 5. The lowest BCUT2D eigenvalue weighted by Gasteiger charge is -2.32. The second kappa shape index (κ2) is 9.34. The van der Waals surface area contributed by atoms with Gasteiger partial charge in [0, 0.05) is 38.4 Å². The van der Waals surface area contributed by atoms with Gasteiger partial charge in [-0.05, 0) is 42.0 Å². The number of aromatic nitrogens is 2. The molecule has 2 amide bonds. The number of methoxy groups -OCH3 is 1. The molecule has 1 N–H and O–H groups in total. The summed E-state index contributed by atoms with van der Waals surface area (Å²) >= 11 is 1.45. The first-order chi connectivity index (χ1) is 15.1. The molecule has 0 saturated carbocycles. The summed E-state index contributed by atoms with van der Waals surface area (Å²) in [5.74, 6) is 1.44. The van der Waals surface area contributed by atoms with Crippen LogP contribution in [0.2, 0.25) is 0 Å². The number of thiophene rings is 1. The number of carbonyl (C=O) groups excluding carboxylic acids is 2. The number of nitrogens with zero attached hydrogens (tertiary/aromatic N) is 3. The summed E-state index contributed by atoms with van der Waals surface area (Å²) in [5, 5.41) is 5.10. The van der Waals surface area contributed by atoms with Crippen molar-refractivity contribution >= 4 is 23.2 Å². The van der Waals surface area contributed by atoms with Gasteiger partial charge in [0.25, 0.3) is 5.91 Å². The average Bonchev–Trinajstić information content (AvgIpc) is 3.49. The van der Waals surface area contributed by atoms with Crippen molar-refractivity contribution in [2.75, 3.05) is 20.2 Å². The highest BCUT2D eigenvalue weighted by molar-refractivity contribution is 7.12. The number of amides is 2. The zero-order valence-corrected chi connectivity index (χ0v) is 18.5. The molecule has 1 fully saturated rings. The van der Waals surface area contributed by atoms with Crippen molar-refractivity contribution in [2.24, 2.45) is 13.0 Å². The van der Waals surface area contributed by atoms with Crippen LogP contribution in [0.25, 0.3) is 0 Å². The largest absolute Gasteiger partial charge is 0.497 e. The van der Waals surface area contributed by atoms with Gasteiger partial charge in [-0.3, -0.25) is 9.59 Å². The SMILES string of the molecule is COc1ccc(C(NC(=O)C2CCN(C(=O)c3cccs3)CC2)c2nccn2C)cc1. The Balaban J connectivity index is 1.44. The second-order valence-corrected chi connectivity index (χ2v) is 8.60. The van der Waals surface area contributed by atoms with Crippen molar-refractivity contribution in [3.8, 4) is 5.75 Å². The molecule has 7 nitrogen and oxygen atoms in total. The maximum Gasteiger partial charge on any atom is 0.263 e. The van der Waals surface area contributed by atoms with E-state index in [4.69, 9.17) is 4.74 Å². The topological polar surface area (TPSA) is 76.5 Å². The number of nitrogens with one attached hydrogen (secondary N) is 1. The number of carbonyl (C=O) groups is 2. The highest BCUT2D eigenvalue weighted by Crippen LogP contribution is 2.26. The van der Waals surface area contributed by atoms with E-state index in [1.807, 2.05) is 64.5 Å². The average molecular weight is 439 g/mol. The fourth-order valence-corrected chi connectivity index (χ4v) is 4.60. The lowest BCUT2D eigenvalue weighted by atomic mass is 9.94. The normalized spacial score (nSPS) is 15.5. The van der Waals surface area contributed by atoms with Crippen molar-refractivity contribution in [3.63, 3.8) is 0 Å². The van der Waals surface area contributed by atoms with E-state index < -0.39 is 0 Å². The van der Waals surface area contributed by atoms with Crippen molar-refractivity contribution in [1.82, 2.24) is 19.8 Å². The van der Waals surface area contributed by atoms with Gasteiger partial charge in [0.15, 0.2) is 0 Å². The van der Waals surface area contributed by atoms with Crippen LogP contribution in [-0.4, -0.2) is 46.5 Å². The molecule has 0 bridgehead atoms. The first-order valence-corrected chi connectivity index (χ1v) is 11.2.